The summed E-state index contributed by atoms with van der Waals surface area (Å²) < 4.78 is 26.5. The summed E-state index contributed by atoms with van der Waals surface area (Å²) in [5.41, 5.74) is 1.04. The first kappa shape index (κ1) is 12.8. The summed E-state index contributed by atoms with van der Waals surface area (Å²) in [6, 6.07) is 6.11. The molecular weight excluding hydrogens is 274 g/mol. The summed E-state index contributed by atoms with van der Waals surface area (Å²) in [6.07, 6.45) is 2.80. The van der Waals surface area contributed by atoms with Crippen molar-refractivity contribution in [2.75, 3.05) is 4.72 Å². The number of hydrogen-bond donors (Lipinski definition) is 1. The van der Waals surface area contributed by atoms with Gasteiger partial charge in [0.15, 0.2) is 0 Å². The summed E-state index contributed by atoms with van der Waals surface area (Å²) >= 11 is 5.61. The normalized spacial score (nSPS) is 11.2. The first-order valence-corrected chi connectivity index (χ1v) is 6.91. The third-order valence-corrected chi connectivity index (χ3v) is 3.84. The van der Waals surface area contributed by atoms with E-state index in [0.717, 1.165) is 0 Å². The van der Waals surface area contributed by atoms with E-state index in [-0.39, 0.29) is 10.0 Å². The van der Waals surface area contributed by atoms with Gasteiger partial charge in [-0.2, -0.15) is 0 Å². The van der Waals surface area contributed by atoms with Crippen molar-refractivity contribution in [2.24, 2.45) is 0 Å². The summed E-state index contributed by atoms with van der Waals surface area (Å²) in [4.78, 5) is 7.80. The van der Waals surface area contributed by atoms with Gasteiger partial charge in [-0.1, -0.05) is 11.6 Å². The van der Waals surface area contributed by atoms with E-state index in [2.05, 4.69) is 14.7 Å². The Morgan fingerprint density at radius 1 is 1.22 bits per heavy atom. The first-order valence-electron chi connectivity index (χ1n) is 5.05. The molecule has 0 atom stereocenters. The molecule has 94 valence electrons. The number of nitrogens with one attached hydrogen (secondary N) is 1. The minimum absolute atomic E-state index is 0.0511. The van der Waals surface area contributed by atoms with E-state index in [1.54, 1.807) is 25.3 Å². The van der Waals surface area contributed by atoms with Crippen LogP contribution in [0.5, 0.6) is 0 Å². The van der Waals surface area contributed by atoms with E-state index < -0.39 is 10.0 Å². The van der Waals surface area contributed by atoms with Crippen LogP contribution in [0.3, 0.4) is 0 Å². The number of halogens is 1. The molecule has 0 bridgehead atoms. The second-order valence-electron chi connectivity index (χ2n) is 3.56. The second kappa shape index (κ2) is 4.91. The van der Waals surface area contributed by atoms with Gasteiger partial charge < -0.3 is 0 Å². The Bertz CT molecular complexity index is 656. The van der Waals surface area contributed by atoms with E-state index in [4.69, 9.17) is 11.6 Å². The van der Waals surface area contributed by atoms with Gasteiger partial charge in [-0.05, 0) is 31.2 Å². The maximum Gasteiger partial charge on any atom is 0.263 e. The molecular formula is C11H10ClN3O2S. The van der Waals surface area contributed by atoms with Crippen LogP contribution in [0.2, 0.25) is 5.15 Å². The molecule has 0 aromatic carbocycles. The number of hydrogen-bond acceptors (Lipinski definition) is 4. The molecule has 0 aliphatic heterocycles. The highest BCUT2D eigenvalue weighted by Gasteiger charge is 2.15. The molecule has 0 aliphatic carbocycles. The number of pyridine rings is 2. The fourth-order valence-electron chi connectivity index (χ4n) is 1.32. The van der Waals surface area contributed by atoms with Crippen LogP contribution in [0.4, 0.5) is 5.69 Å². The predicted octanol–water partition coefficient (Wildman–Crippen LogP) is 2.24. The molecule has 2 heterocycles. The second-order valence-corrected chi connectivity index (χ2v) is 5.63. The Balaban J connectivity index is 2.33. The van der Waals surface area contributed by atoms with Crippen LogP contribution in [0.1, 0.15) is 5.69 Å². The maximum atomic E-state index is 12.0. The Morgan fingerprint density at radius 3 is 2.61 bits per heavy atom. The molecule has 0 saturated heterocycles. The maximum absolute atomic E-state index is 12.0. The van der Waals surface area contributed by atoms with Crippen LogP contribution in [0.25, 0.3) is 0 Å². The average molecular weight is 284 g/mol. The highest BCUT2D eigenvalue weighted by Crippen LogP contribution is 2.18. The molecule has 0 radical (unpaired) electrons. The van der Waals surface area contributed by atoms with Gasteiger partial charge >= 0.3 is 0 Å². The summed E-state index contributed by atoms with van der Waals surface area (Å²) in [5.74, 6) is 0. The number of aromatic nitrogens is 2. The standard InChI is InChI=1S/C11H10ClN3O2S/c1-8-10(3-2-6-13-8)15-18(16,17)9-4-5-11(12)14-7-9/h2-7,15H,1H3. The minimum Gasteiger partial charge on any atom is -0.278 e. The van der Waals surface area contributed by atoms with Crippen molar-refractivity contribution in [3.8, 4) is 0 Å². The molecule has 0 saturated carbocycles. The molecule has 2 aromatic rings. The van der Waals surface area contributed by atoms with Gasteiger partial charge in [0.2, 0.25) is 0 Å². The molecule has 7 heteroatoms. The SMILES string of the molecule is Cc1ncccc1NS(=O)(=O)c1ccc(Cl)nc1. The summed E-state index contributed by atoms with van der Waals surface area (Å²) in [6.45, 7) is 1.72. The lowest BCUT2D eigenvalue weighted by atomic mass is 10.3. The number of nitrogens with zero attached hydrogens (tertiary/aromatic N) is 2. The average Bonchev–Trinajstić information content (AvgIpc) is 2.32. The Hall–Kier alpha value is -1.66. The van der Waals surface area contributed by atoms with E-state index >= 15 is 0 Å². The van der Waals surface area contributed by atoms with Gasteiger partial charge in [-0.3, -0.25) is 9.71 Å². The molecule has 0 amide bonds. The van der Waals surface area contributed by atoms with Crippen LogP contribution in [-0.4, -0.2) is 18.4 Å². The molecule has 0 spiro atoms. The van der Waals surface area contributed by atoms with Crippen LogP contribution < -0.4 is 4.72 Å². The third kappa shape index (κ3) is 2.77. The Labute approximate surface area is 110 Å². The fourth-order valence-corrected chi connectivity index (χ4v) is 2.49. The number of sulfonamides is 1. The zero-order valence-corrected chi connectivity index (χ0v) is 11.0. The predicted molar refractivity (Wildman–Crippen MR) is 69.0 cm³/mol. The minimum atomic E-state index is -3.66. The highest BCUT2D eigenvalue weighted by molar-refractivity contribution is 7.92. The van der Waals surface area contributed by atoms with Gasteiger partial charge in [0, 0.05) is 12.4 Å². The van der Waals surface area contributed by atoms with E-state index in [1.807, 2.05) is 0 Å². The molecule has 5 nitrogen and oxygen atoms in total. The molecule has 0 unspecified atom stereocenters. The lowest BCUT2D eigenvalue weighted by Gasteiger charge is -2.09. The fraction of sp³-hybridized carbons (Fsp3) is 0.0909. The smallest absolute Gasteiger partial charge is 0.263 e. The van der Waals surface area contributed by atoms with Crippen molar-refractivity contribution in [2.45, 2.75) is 11.8 Å². The van der Waals surface area contributed by atoms with Crippen molar-refractivity contribution in [1.82, 2.24) is 9.97 Å². The van der Waals surface area contributed by atoms with E-state index in [1.165, 1.54) is 18.3 Å². The number of rotatable bonds is 3. The molecule has 0 fully saturated rings. The lowest BCUT2D eigenvalue weighted by Crippen LogP contribution is -2.14. The number of aryl methyl sites for hydroxylation is 1. The Morgan fingerprint density at radius 2 is 2.00 bits per heavy atom. The molecule has 18 heavy (non-hydrogen) atoms. The number of anilines is 1. The molecule has 2 rings (SSSR count). The van der Waals surface area contributed by atoms with Crippen LogP contribution in [0.15, 0.2) is 41.6 Å². The third-order valence-electron chi connectivity index (χ3n) is 2.26. The van der Waals surface area contributed by atoms with Gasteiger partial charge in [0.1, 0.15) is 10.0 Å². The van der Waals surface area contributed by atoms with Gasteiger partial charge in [-0.15, -0.1) is 0 Å². The molecule has 0 aliphatic rings. The quantitative estimate of drug-likeness (QED) is 0.877. The van der Waals surface area contributed by atoms with Gasteiger partial charge in [0.05, 0.1) is 11.4 Å². The summed E-state index contributed by atoms with van der Waals surface area (Å²) in [7, 11) is -3.66. The topological polar surface area (TPSA) is 72.0 Å². The van der Waals surface area contributed by atoms with Crippen LogP contribution >= 0.6 is 11.6 Å². The van der Waals surface area contributed by atoms with Gasteiger partial charge in [0.25, 0.3) is 10.0 Å². The van der Waals surface area contributed by atoms with Crippen molar-refractivity contribution < 1.29 is 8.42 Å². The monoisotopic (exact) mass is 283 g/mol. The largest absolute Gasteiger partial charge is 0.278 e. The first-order chi connectivity index (χ1) is 8.49. The molecule has 2 aromatic heterocycles. The van der Waals surface area contributed by atoms with Crippen molar-refractivity contribution in [3.63, 3.8) is 0 Å². The van der Waals surface area contributed by atoms with Crippen LogP contribution in [-0.2, 0) is 10.0 Å². The van der Waals surface area contributed by atoms with Crippen molar-refractivity contribution >= 4 is 27.3 Å². The van der Waals surface area contributed by atoms with Crippen molar-refractivity contribution in [3.05, 3.63) is 47.5 Å². The zero-order chi connectivity index (χ0) is 13.2. The molecule has 1 N–H and O–H groups in total. The Kier molecular flexibility index (Phi) is 3.49. The van der Waals surface area contributed by atoms with E-state index in [0.29, 0.717) is 11.4 Å². The summed E-state index contributed by atoms with van der Waals surface area (Å²) in [5, 5.41) is 0.242. The van der Waals surface area contributed by atoms with Gasteiger partial charge in [-0.25, -0.2) is 13.4 Å². The highest BCUT2D eigenvalue weighted by atomic mass is 35.5. The lowest BCUT2D eigenvalue weighted by molar-refractivity contribution is 0.600. The van der Waals surface area contributed by atoms with E-state index in [9.17, 15) is 8.42 Å². The zero-order valence-electron chi connectivity index (χ0n) is 9.46. The van der Waals surface area contributed by atoms with Crippen LogP contribution in [0, 0.1) is 6.92 Å². The van der Waals surface area contributed by atoms with Crippen molar-refractivity contribution in [1.29, 1.82) is 0 Å².